The molecule has 0 radical (unpaired) electrons. The normalized spacial score (nSPS) is 12.5. The van der Waals surface area contributed by atoms with Crippen molar-refractivity contribution in [1.82, 2.24) is 0 Å². The zero-order valence-corrected chi connectivity index (χ0v) is 12.5. The molecule has 1 N–H and O–H groups in total. The predicted molar refractivity (Wildman–Crippen MR) is 84.3 cm³/mol. The molecule has 0 atom stereocenters. The van der Waals surface area contributed by atoms with Crippen molar-refractivity contribution in [3.8, 4) is 5.75 Å². The lowest BCUT2D eigenvalue weighted by Gasteiger charge is -2.15. The smallest absolute Gasteiger partial charge is 0.259 e. The van der Waals surface area contributed by atoms with Gasteiger partial charge in [-0.25, -0.2) is 4.39 Å². The standard InChI is InChI=1S/C17H17FN2O2/c1-20(2)14-9-12(18)8-13(10-14)19-17(21)15-5-3-4-11-6-7-22-16(11)15/h3-5,8-10H,6-7H2,1-2H3,(H,19,21). The first-order valence-electron chi connectivity index (χ1n) is 7.08. The number of anilines is 2. The van der Waals surface area contributed by atoms with Crippen LogP contribution in [0.5, 0.6) is 5.75 Å². The van der Waals surface area contributed by atoms with Gasteiger partial charge in [-0.15, -0.1) is 0 Å². The van der Waals surface area contributed by atoms with E-state index in [1.807, 2.05) is 26.2 Å². The van der Waals surface area contributed by atoms with Crippen LogP contribution in [0.3, 0.4) is 0 Å². The molecule has 3 rings (SSSR count). The van der Waals surface area contributed by atoms with Crippen molar-refractivity contribution in [1.29, 1.82) is 0 Å². The van der Waals surface area contributed by atoms with Crippen molar-refractivity contribution in [3.63, 3.8) is 0 Å². The molecular weight excluding hydrogens is 283 g/mol. The predicted octanol–water partition coefficient (Wildman–Crippen LogP) is 3.08. The fraction of sp³-hybridized carbons (Fsp3) is 0.235. The summed E-state index contributed by atoms with van der Waals surface area (Å²) in [7, 11) is 3.64. The number of hydrogen-bond acceptors (Lipinski definition) is 3. The van der Waals surface area contributed by atoms with Gasteiger partial charge in [0.05, 0.1) is 12.2 Å². The Kier molecular flexibility index (Phi) is 3.71. The van der Waals surface area contributed by atoms with Crippen molar-refractivity contribution >= 4 is 17.3 Å². The molecular formula is C17H17FN2O2. The van der Waals surface area contributed by atoms with Gasteiger partial charge >= 0.3 is 0 Å². The minimum absolute atomic E-state index is 0.297. The average Bonchev–Trinajstić information content (AvgIpc) is 2.94. The number of amides is 1. The van der Waals surface area contributed by atoms with Crippen LogP contribution in [0, 0.1) is 5.82 Å². The van der Waals surface area contributed by atoms with Gasteiger partial charge in [-0.1, -0.05) is 12.1 Å². The Morgan fingerprint density at radius 3 is 2.86 bits per heavy atom. The fourth-order valence-corrected chi connectivity index (χ4v) is 2.50. The summed E-state index contributed by atoms with van der Waals surface area (Å²) in [5, 5.41) is 2.74. The van der Waals surface area contributed by atoms with Crippen molar-refractivity contribution < 1.29 is 13.9 Å². The summed E-state index contributed by atoms with van der Waals surface area (Å²) in [5.41, 5.74) is 2.61. The summed E-state index contributed by atoms with van der Waals surface area (Å²) < 4.78 is 19.2. The van der Waals surface area contributed by atoms with Gasteiger partial charge in [-0.05, 0) is 29.8 Å². The van der Waals surface area contributed by atoms with Crippen molar-refractivity contribution in [2.45, 2.75) is 6.42 Å². The summed E-state index contributed by atoms with van der Waals surface area (Å²) >= 11 is 0. The van der Waals surface area contributed by atoms with E-state index in [0.717, 1.165) is 12.0 Å². The van der Waals surface area contributed by atoms with E-state index in [2.05, 4.69) is 5.32 Å². The summed E-state index contributed by atoms with van der Waals surface area (Å²) in [4.78, 5) is 14.2. The van der Waals surface area contributed by atoms with E-state index in [9.17, 15) is 9.18 Å². The first-order valence-corrected chi connectivity index (χ1v) is 7.08. The van der Waals surface area contributed by atoms with E-state index in [0.29, 0.717) is 29.3 Å². The van der Waals surface area contributed by atoms with Gasteiger partial charge in [-0.2, -0.15) is 0 Å². The third kappa shape index (κ3) is 2.74. The second-order valence-electron chi connectivity index (χ2n) is 5.44. The number of carbonyl (C=O) groups excluding carboxylic acids is 1. The molecule has 0 aliphatic carbocycles. The second kappa shape index (κ2) is 5.67. The van der Waals surface area contributed by atoms with E-state index < -0.39 is 5.82 Å². The molecule has 1 aliphatic rings. The Bertz CT molecular complexity index is 729. The summed E-state index contributed by atoms with van der Waals surface area (Å²) in [6, 6.07) is 9.94. The number of nitrogens with zero attached hydrogens (tertiary/aromatic N) is 1. The molecule has 2 aromatic rings. The van der Waals surface area contributed by atoms with Gasteiger partial charge < -0.3 is 15.0 Å². The van der Waals surface area contributed by atoms with Gasteiger partial charge in [0.25, 0.3) is 5.91 Å². The van der Waals surface area contributed by atoms with Gasteiger partial charge in [0.1, 0.15) is 11.6 Å². The Morgan fingerprint density at radius 1 is 1.27 bits per heavy atom. The lowest BCUT2D eigenvalue weighted by Crippen LogP contribution is -2.14. The number of rotatable bonds is 3. The van der Waals surface area contributed by atoms with Crippen LogP contribution in [0.15, 0.2) is 36.4 Å². The zero-order valence-electron chi connectivity index (χ0n) is 12.5. The van der Waals surface area contributed by atoms with Gasteiger partial charge in [-0.3, -0.25) is 4.79 Å². The topological polar surface area (TPSA) is 41.6 Å². The highest BCUT2D eigenvalue weighted by atomic mass is 19.1. The zero-order chi connectivity index (χ0) is 15.7. The molecule has 0 spiro atoms. The van der Waals surface area contributed by atoms with Gasteiger partial charge in [0.15, 0.2) is 0 Å². The first-order chi connectivity index (χ1) is 10.5. The van der Waals surface area contributed by atoms with Crippen LogP contribution in [0.4, 0.5) is 15.8 Å². The maximum absolute atomic E-state index is 13.7. The molecule has 0 saturated heterocycles. The second-order valence-corrected chi connectivity index (χ2v) is 5.44. The Morgan fingerprint density at radius 2 is 2.09 bits per heavy atom. The molecule has 22 heavy (non-hydrogen) atoms. The number of benzene rings is 2. The van der Waals surface area contributed by atoms with Crippen LogP contribution in [0.1, 0.15) is 15.9 Å². The van der Waals surface area contributed by atoms with Crippen LogP contribution in [0.2, 0.25) is 0 Å². The van der Waals surface area contributed by atoms with E-state index in [-0.39, 0.29) is 5.91 Å². The molecule has 114 valence electrons. The molecule has 0 bridgehead atoms. The molecule has 0 unspecified atom stereocenters. The largest absolute Gasteiger partial charge is 0.492 e. The minimum Gasteiger partial charge on any atom is -0.492 e. The molecule has 1 amide bonds. The Labute approximate surface area is 128 Å². The number of para-hydroxylation sites is 1. The van der Waals surface area contributed by atoms with Crippen LogP contribution in [0.25, 0.3) is 0 Å². The molecule has 0 saturated carbocycles. The third-order valence-corrected chi connectivity index (χ3v) is 3.62. The van der Waals surface area contributed by atoms with Crippen LogP contribution in [-0.4, -0.2) is 26.6 Å². The molecule has 4 nitrogen and oxygen atoms in total. The highest BCUT2D eigenvalue weighted by Gasteiger charge is 2.20. The molecule has 0 aromatic heterocycles. The Hall–Kier alpha value is -2.56. The summed E-state index contributed by atoms with van der Waals surface area (Å²) in [6.45, 7) is 0.588. The Balaban J connectivity index is 1.88. The maximum Gasteiger partial charge on any atom is 0.259 e. The van der Waals surface area contributed by atoms with Gasteiger partial charge in [0.2, 0.25) is 0 Å². The third-order valence-electron chi connectivity index (χ3n) is 3.62. The van der Waals surface area contributed by atoms with E-state index in [1.54, 1.807) is 17.0 Å². The van der Waals surface area contributed by atoms with Crippen LogP contribution < -0.4 is 15.0 Å². The molecule has 1 heterocycles. The summed E-state index contributed by atoms with van der Waals surface area (Å²) in [5.74, 6) is -0.0608. The van der Waals surface area contributed by atoms with E-state index in [4.69, 9.17) is 4.74 Å². The lowest BCUT2D eigenvalue weighted by molar-refractivity contribution is 0.102. The number of fused-ring (bicyclic) bond motifs is 1. The molecule has 0 fully saturated rings. The van der Waals surface area contributed by atoms with E-state index in [1.165, 1.54) is 12.1 Å². The minimum atomic E-state index is -0.393. The SMILES string of the molecule is CN(C)c1cc(F)cc(NC(=O)c2cccc3c2OCC3)c1. The highest BCUT2D eigenvalue weighted by molar-refractivity contribution is 6.06. The van der Waals surface area contributed by atoms with E-state index >= 15 is 0 Å². The van der Waals surface area contributed by atoms with Crippen LogP contribution in [-0.2, 0) is 6.42 Å². The monoisotopic (exact) mass is 300 g/mol. The lowest BCUT2D eigenvalue weighted by atomic mass is 10.1. The molecule has 5 heteroatoms. The summed E-state index contributed by atoms with van der Waals surface area (Å²) in [6.07, 6.45) is 0.807. The first kappa shape index (κ1) is 14.4. The number of carbonyl (C=O) groups is 1. The number of halogens is 1. The fourth-order valence-electron chi connectivity index (χ4n) is 2.50. The molecule has 2 aromatic carbocycles. The maximum atomic E-state index is 13.7. The number of ether oxygens (including phenoxy) is 1. The molecule has 1 aliphatic heterocycles. The highest BCUT2D eigenvalue weighted by Crippen LogP contribution is 2.30. The number of nitrogens with one attached hydrogen (secondary N) is 1. The van der Waals surface area contributed by atoms with Crippen molar-refractivity contribution in [3.05, 3.63) is 53.3 Å². The van der Waals surface area contributed by atoms with Crippen molar-refractivity contribution in [2.24, 2.45) is 0 Å². The number of hydrogen-bond donors (Lipinski definition) is 1. The quantitative estimate of drug-likeness (QED) is 0.947. The average molecular weight is 300 g/mol. The van der Waals surface area contributed by atoms with Gasteiger partial charge in [0, 0.05) is 31.9 Å². The van der Waals surface area contributed by atoms with Crippen LogP contribution >= 0.6 is 0 Å². The van der Waals surface area contributed by atoms with Crippen molar-refractivity contribution in [2.75, 3.05) is 30.9 Å².